The molecule has 0 aliphatic heterocycles. The van der Waals surface area contributed by atoms with Gasteiger partial charge >= 0.3 is 5.97 Å². The SMILES string of the molecule is CC=CC(=O)OC=C(C)CCC[C@@H](C)[C@H]1CC[C@H]2[C@@H]3CCC4CCCC[C@]4(C)[C@H]3CC[C@]12C. The molecule has 0 aromatic heterocycles. The minimum Gasteiger partial charge on any atom is -0.431 e. The molecule has 4 fully saturated rings. The molecule has 0 N–H and O–H groups in total. The molecule has 0 heterocycles. The van der Waals surface area contributed by atoms with E-state index in [2.05, 4.69) is 27.7 Å². The van der Waals surface area contributed by atoms with Crippen LogP contribution in [0.4, 0.5) is 0 Å². The van der Waals surface area contributed by atoms with Gasteiger partial charge in [0.25, 0.3) is 0 Å². The van der Waals surface area contributed by atoms with E-state index in [1.807, 2.05) is 6.92 Å². The average Bonchev–Trinajstić information content (AvgIpc) is 3.15. The predicted molar refractivity (Wildman–Crippen MR) is 138 cm³/mol. The summed E-state index contributed by atoms with van der Waals surface area (Å²) in [6.07, 6.45) is 23.4. The number of esters is 1. The molecule has 0 bridgehead atoms. The van der Waals surface area contributed by atoms with Crippen LogP contribution in [-0.2, 0) is 9.53 Å². The number of carbonyl (C=O) groups excluding carboxylic acids is 1. The van der Waals surface area contributed by atoms with Crippen molar-refractivity contribution in [2.75, 3.05) is 0 Å². The van der Waals surface area contributed by atoms with Crippen LogP contribution in [-0.4, -0.2) is 5.97 Å². The van der Waals surface area contributed by atoms with Gasteiger partial charge in [-0.2, -0.15) is 0 Å². The van der Waals surface area contributed by atoms with Crippen LogP contribution in [0.25, 0.3) is 0 Å². The van der Waals surface area contributed by atoms with Crippen molar-refractivity contribution < 1.29 is 9.53 Å². The molecular formula is C31H50O2. The molecule has 33 heavy (non-hydrogen) atoms. The van der Waals surface area contributed by atoms with Crippen LogP contribution >= 0.6 is 0 Å². The summed E-state index contributed by atoms with van der Waals surface area (Å²) in [6.45, 7) is 11.9. The first kappa shape index (κ1) is 25.1. The first-order valence-electron chi connectivity index (χ1n) is 14.3. The van der Waals surface area contributed by atoms with E-state index in [1.165, 1.54) is 88.7 Å². The molecule has 1 unspecified atom stereocenters. The van der Waals surface area contributed by atoms with Gasteiger partial charge in [0.2, 0.25) is 0 Å². The zero-order valence-electron chi connectivity index (χ0n) is 22.2. The zero-order chi connectivity index (χ0) is 23.6. The highest BCUT2D eigenvalue weighted by molar-refractivity contribution is 5.82. The molecule has 4 aliphatic rings. The van der Waals surface area contributed by atoms with Crippen LogP contribution < -0.4 is 0 Å². The second-order valence-corrected chi connectivity index (χ2v) is 12.9. The maximum atomic E-state index is 11.5. The Bertz CT molecular complexity index is 750. The summed E-state index contributed by atoms with van der Waals surface area (Å²) >= 11 is 0. The van der Waals surface area contributed by atoms with Crippen molar-refractivity contribution in [3.05, 3.63) is 24.0 Å². The lowest BCUT2D eigenvalue weighted by Crippen LogP contribution is -2.53. The molecule has 0 spiro atoms. The van der Waals surface area contributed by atoms with Gasteiger partial charge in [-0.15, -0.1) is 0 Å². The molecule has 0 radical (unpaired) electrons. The summed E-state index contributed by atoms with van der Waals surface area (Å²) in [7, 11) is 0. The first-order valence-corrected chi connectivity index (χ1v) is 14.3. The van der Waals surface area contributed by atoms with E-state index in [9.17, 15) is 4.79 Å². The Morgan fingerprint density at radius 3 is 2.58 bits per heavy atom. The highest BCUT2D eigenvalue weighted by atomic mass is 16.5. The van der Waals surface area contributed by atoms with Crippen LogP contribution in [0.1, 0.15) is 118 Å². The van der Waals surface area contributed by atoms with Gasteiger partial charge in [-0.05, 0) is 130 Å². The molecule has 8 atom stereocenters. The predicted octanol–water partition coefficient (Wildman–Crippen LogP) is 8.86. The van der Waals surface area contributed by atoms with Gasteiger partial charge in [0.1, 0.15) is 0 Å². The third-order valence-corrected chi connectivity index (χ3v) is 11.3. The van der Waals surface area contributed by atoms with E-state index in [-0.39, 0.29) is 5.97 Å². The molecule has 2 heteroatoms. The quantitative estimate of drug-likeness (QED) is 0.218. The Hall–Kier alpha value is -1.05. The lowest BCUT2D eigenvalue weighted by molar-refractivity contribution is -0.132. The van der Waals surface area contributed by atoms with Crippen LogP contribution in [0.15, 0.2) is 24.0 Å². The topological polar surface area (TPSA) is 26.3 Å². The highest BCUT2D eigenvalue weighted by Crippen LogP contribution is 2.68. The average molecular weight is 455 g/mol. The summed E-state index contributed by atoms with van der Waals surface area (Å²) in [5.41, 5.74) is 2.41. The van der Waals surface area contributed by atoms with Crippen molar-refractivity contribution in [3.63, 3.8) is 0 Å². The van der Waals surface area contributed by atoms with Crippen molar-refractivity contribution >= 4 is 5.97 Å². The van der Waals surface area contributed by atoms with Crippen LogP contribution in [0, 0.1) is 46.3 Å². The maximum Gasteiger partial charge on any atom is 0.335 e. The molecule has 4 rings (SSSR count). The number of hydrogen-bond donors (Lipinski definition) is 0. The number of carbonyl (C=O) groups is 1. The summed E-state index contributed by atoms with van der Waals surface area (Å²) in [6, 6.07) is 0. The van der Waals surface area contributed by atoms with Gasteiger partial charge in [0, 0.05) is 6.08 Å². The third-order valence-electron chi connectivity index (χ3n) is 11.3. The van der Waals surface area contributed by atoms with E-state index in [0.717, 1.165) is 41.9 Å². The lowest BCUT2D eigenvalue weighted by atomic mass is 9.44. The minimum absolute atomic E-state index is 0.276. The molecule has 186 valence electrons. The number of allylic oxidation sites excluding steroid dienone is 2. The second kappa shape index (κ2) is 10.3. The lowest BCUT2D eigenvalue weighted by Gasteiger charge is -2.61. The Kier molecular flexibility index (Phi) is 7.81. The van der Waals surface area contributed by atoms with Crippen LogP contribution in [0.2, 0.25) is 0 Å². The maximum absolute atomic E-state index is 11.5. The molecule has 0 amide bonds. The van der Waals surface area contributed by atoms with E-state index in [1.54, 1.807) is 12.3 Å². The molecule has 0 saturated heterocycles. The van der Waals surface area contributed by atoms with Gasteiger partial charge in [-0.1, -0.05) is 46.1 Å². The summed E-state index contributed by atoms with van der Waals surface area (Å²) in [4.78, 5) is 11.5. The fourth-order valence-electron chi connectivity index (χ4n) is 9.57. The Morgan fingerprint density at radius 1 is 1.00 bits per heavy atom. The number of fused-ring (bicyclic) bond motifs is 5. The van der Waals surface area contributed by atoms with E-state index in [4.69, 9.17) is 4.74 Å². The summed E-state index contributed by atoms with van der Waals surface area (Å²) in [5.74, 6) is 5.47. The van der Waals surface area contributed by atoms with Crippen LogP contribution in [0.3, 0.4) is 0 Å². The normalized spacial score (nSPS) is 41.8. The van der Waals surface area contributed by atoms with Gasteiger partial charge in [-0.3, -0.25) is 0 Å². The third kappa shape index (κ3) is 4.87. The molecule has 4 saturated carbocycles. The summed E-state index contributed by atoms with van der Waals surface area (Å²) < 4.78 is 5.20. The van der Waals surface area contributed by atoms with E-state index < -0.39 is 0 Å². The molecule has 0 aromatic carbocycles. The fourth-order valence-corrected chi connectivity index (χ4v) is 9.57. The first-order chi connectivity index (χ1) is 15.8. The van der Waals surface area contributed by atoms with Gasteiger partial charge in [0.15, 0.2) is 0 Å². The van der Waals surface area contributed by atoms with Crippen molar-refractivity contribution in [2.45, 2.75) is 118 Å². The number of hydrogen-bond acceptors (Lipinski definition) is 2. The molecule has 0 aromatic rings. The Morgan fingerprint density at radius 2 is 1.79 bits per heavy atom. The minimum atomic E-state index is -0.276. The summed E-state index contributed by atoms with van der Waals surface area (Å²) in [5, 5.41) is 0. The monoisotopic (exact) mass is 454 g/mol. The highest BCUT2D eigenvalue weighted by Gasteiger charge is 2.59. The standard InChI is InChI=1S/C31H50O2/c1-6-10-29(32)33-21-22(2)11-9-12-23(3)26-16-17-27-25-15-14-24-13-7-8-19-30(24,4)28(25)18-20-31(26,27)5/h6,10,21,23-28H,7-9,11-20H2,1-5H3/t23-,24?,25+,26-,27+,28+,30+,31-/m1/s1. The van der Waals surface area contributed by atoms with E-state index >= 15 is 0 Å². The largest absolute Gasteiger partial charge is 0.431 e. The second-order valence-electron chi connectivity index (χ2n) is 12.9. The fraction of sp³-hybridized carbons (Fsp3) is 0.839. The number of rotatable bonds is 7. The van der Waals surface area contributed by atoms with Crippen molar-refractivity contribution in [1.29, 1.82) is 0 Å². The van der Waals surface area contributed by atoms with Gasteiger partial charge < -0.3 is 4.74 Å². The molecule has 4 aliphatic carbocycles. The smallest absolute Gasteiger partial charge is 0.335 e. The Labute approximate surface area is 204 Å². The Balaban J connectivity index is 1.33. The van der Waals surface area contributed by atoms with Gasteiger partial charge in [-0.25, -0.2) is 4.79 Å². The van der Waals surface area contributed by atoms with Crippen molar-refractivity contribution in [1.82, 2.24) is 0 Å². The van der Waals surface area contributed by atoms with E-state index in [0.29, 0.717) is 10.8 Å². The van der Waals surface area contributed by atoms with Gasteiger partial charge in [0.05, 0.1) is 6.26 Å². The van der Waals surface area contributed by atoms with Crippen molar-refractivity contribution in [3.8, 4) is 0 Å². The molecule has 2 nitrogen and oxygen atoms in total. The zero-order valence-corrected chi connectivity index (χ0v) is 22.2. The van der Waals surface area contributed by atoms with Crippen molar-refractivity contribution in [2.24, 2.45) is 46.3 Å². The molecular weight excluding hydrogens is 404 g/mol. The number of ether oxygens (including phenoxy) is 1. The van der Waals surface area contributed by atoms with Crippen LogP contribution in [0.5, 0.6) is 0 Å².